The van der Waals surface area contributed by atoms with E-state index in [0.717, 1.165) is 33.2 Å². The molecule has 3 aromatic carbocycles. The summed E-state index contributed by atoms with van der Waals surface area (Å²) < 4.78 is 12.3. The largest absolute Gasteiger partial charge is 0.494 e. The molecule has 31 heavy (non-hydrogen) atoms. The number of ether oxygens (including phenoxy) is 1. The van der Waals surface area contributed by atoms with Crippen LogP contribution in [0.4, 0.5) is 5.69 Å². The summed E-state index contributed by atoms with van der Waals surface area (Å²) in [6, 6.07) is 28.1. The van der Waals surface area contributed by atoms with E-state index in [-0.39, 0.29) is 0 Å². The Hall–Kier alpha value is -3.51. The molecule has 0 spiro atoms. The van der Waals surface area contributed by atoms with Crippen molar-refractivity contribution in [2.24, 2.45) is 9.98 Å². The number of amidine groups is 1. The number of nitrogens with zero attached hydrogens (tertiary/aromatic N) is 4. The molecule has 4 aromatic rings. The van der Waals surface area contributed by atoms with Crippen molar-refractivity contribution >= 4 is 23.1 Å². The van der Waals surface area contributed by atoms with Crippen LogP contribution in [0.3, 0.4) is 0 Å². The van der Waals surface area contributed by atoms with E-state index in [1.807, 2.05) is 86.6 Å². The number of aromatic nitrogens is 2. The van der Waals surface area contributed by atoms with Crippen LogP contribution in [0.15, 0.2) is 94.9 Å². The minimum atomic E-state index is 0.645. The molecule has 0 atom stereocenters. The molecular formula is C25H24N4OS. The van der Waals surface area contributed by atoms with Crippen molar-refractivity contribution in [2.75, 3.05) is 6.61 Å². The second-order valence-electron chi connectivity index (χ2n) is 6.93. The highest BCUT2D eigenvalue weighted by atomic mass is 32.1. The zero-order valence-electron chi connectivity index (χ0n) is 17.6. The van der Waals surface area contributed by atoms with Gasteiger partial charge in [0.1, 0.15) is 11.6 Å². The molecular weight excluding hydrogens is 404 g/mol. The van der Waals surface area contributed by atoms with Gasteiger partial charge in [-0.3, -0.25) is 4.57 Å². The van der Waals surface area contributed by atoms with Gasteiger partial charge in [-0.05, 0) is 43.7 Å². The maximum Gasteiger partial charge on any atom is 0.211 e. The summed E-state index contributed by atoms with van der Waals surface area (Å²) in [5.41, 5.74) is 2.96. The molecule has 0 aliphatic rings. The third kappa shape index (κ3) is 5.35. The molecule has 0 unspecified atom stereocenters. The smallest absolute Gasteiger partial charge is 0.211 e. The molecule has 0 saturated carbocycles. The number of para-hydroxylation sites is 1. The second-order valence-corrected chi connectivity index (χ2v) is 7.66. The molecule has 0 fully saturated rings. The van der Waals surface area contributed by atoms with E-state index in [0.29, 0.717) is 19.0 Å². The van der Waals surface area contributed by atoms with Crippen molar-refractivity contribution < 1.29 is 4.74 Å². The van der Waals surface area contributed by atoms with Gasteiger partial charge < -0.3 is 4.74 Å². The lowest BCUT2D eigenvalue weighted by Crippen LogP contribution is -2.19. The molecule has 0 radical (unpaired) electrons. The summed E-state index contributed by atoms with van der Waals surface area (Å²) in [5.74, 6) is 2.44. The highest BCUT2D eigenvalue weighted by Crippen LogP contribution is 2.16. The third-order valence-electron chi connectivity index (χ3n) is 4.66. The lowest BCUT2D eigenvalue weighted by molar-refractivity contribution is 0.340. The maximum atomic E-state index is 5.65. The van der Waals surface area contributed by atoms with Crippen LogP contribution in [-0.2, 0) is 6.54 Å². The molecule has 0 bridgehead atoms. The fraction of sp³-hybridized carbons (Fsp3) is 0.160. The standard InChI is InChI=1S/C25H24N4OS/c1-3-30-23-16-10-11-20(17-23)18-29-19(2)28-31-25(29)27-24(21-12-6-4-7-13-21)26-22-14-8-5-9-15-22/h4-17H,3,18H2,1-2H3. The Bertz CT molecular complexity index is 1230. The Kier molecular flexibility index (Phi) is 6.69. The van der Waals surface area contributed by atoms with Gasteiger partial charge >= 0.3 is 0 Å². The number of benzene rings is 3. The van der Waals surface area contributed by atoms with Gasteiger partial charge in [0, 0.05) is 17.1 Å². The zero-order valence-corrected chi connectivity index (χ0v) is 18.4. The normalized spacial score (nSPS) is 12.2. The molecule has 0 aliphatic heterocycles. The summed E-state index contributed by atoms with van der Waals surface area (Å²) in [6.07, 6.45) is 0. The summed E-state index contributed by atoms with van der Waals surface area (Å²) in [4.78, 5) is 10.6. The molecule has 0 N–H and O–H groups in total. The van der Waals surface area contributed by atoms with Gasteiger partial charge in [0.15, 0.2) is 5.84 Å². The first kappa shape index (κ1) is 20.8. The molecule has 1 heterocycles. The Morgan fingerprint density at radius 2 is 1.71 bits per heavy atom. The first-order valence-corrected chi connectivity index (χ1v) is 11.0. The van der Waals surface area contributed by atoms with Crippen molar-refractivity contribution in [1.82, 2.24) is 8.94 Å². The van der Waals surface area contributed by atoms with Crippen molar-refractivity contribution in [3.63, 3.8) is 0 Å². The highest BCUT2D eigenvalue weighted by Gasteiger charge is 2.08. The van der Waals surface area contributed by atoms with Crippen molar-refractivity contribution in [3.8, 4) is 5.75 Å². The maximum absolute atomic E-state index is 5.65. The fourth-order valence-corrected chi connectivity index (χ4v) is 3.88. The molecule has 1 aromatic heterocycles. The SMILES string of the molecule is CCOc1cccc(Cn2c(C)nsc2=NC(=Nc2ccccc2)c2ccccc2)c1. The van der Waals surface area contributed by atoms with Crippen LogP contribution in [-0.4, -0.2) is 21.4 Å². The van der Waals surface area contributed by atoms with E-state index >= 15 is 0 Å². The minimum Gasteiger partial charge on any atom is -0.494 e. The van der Waals surface area contributed by atoms with Crippen LogP contribution in [0.5, 0.6) is 5.75 Å². The monoisotopic (exact) mass is 428 g/mol. The molecule has 0 aliphatic carbocycles. The molecule has 0 saturated heterocycles. The van der Waals surface area contributed by atoms with Gasteiger partial charge in [-0.15, -0.1) is 0 Å². The number of hydrogen-bond acceptors (Lipinski definition) is 4. The Morgan fingerprint density at radius 1 is 0.968 bits per heavy atom. The second kappa shape index (κ2) is 10.00. The molecule has 156 valence electrons. The van der Waals surface area contributed by atoms with E-state index in [9.17, 15) is 0 Å². The van der Waals surface area contributed by atoms with Gasteiger partial charge in [0.25, 0.3) is 0 Å². The summed E-state index contributed by atoms with van der Waals surface area (Å²) in [6.45, 7) is 5.29. The quantitative estimate of drug-likeness (QED) is 0.306. The van der Waals surface area contributed by atoms with E-state index in [1.54, 1.807) is 0 Å². The van der Waals surface area contributed by atoms with Gasteiger partial charge in [0.2, 0.25) is 4.80 Å². The highest BCUT2D eigenvalue weighted by molar-refractivity contribution is 7.02. The fourth-order valence-electron chi connectivity index (χ4n) is 3.15. The van der Waals surface area contributed by atoms with Crippen LogP contribution < -0.4 is 9.54 Å². The van der Waals surface area contributed by atoms with E-state index in [1.165, 1.54) is 11.5 Å². The molecule has 0 amide bonds. The Balaban J connectivity index is 1.76. The number of hydrogen-bond donors (Lipinski definition) is 0. The van der Waals surface area contributed by atoms with Crippen LogP contribution in [0.1, 0.15) is 23.9 Å². The predicted molar refractivity (Wildman–Crippen MR) is 126 cm³/mol. The summed E-state index contributed by atoms with van der Waals surface area (Å²) in [7, 11) is 0. The topological polar surface area (TPSA) is 51.8 Å². The van der Waals surface area contributed by atoms with Crippen LogP contribution >= 0.6 is 11.5 Å². The Morgan fingerprint density at radius 3 is 2.45 bits per heavy atom. The van der Waals surface area contributed by atoms with Gasteiger partial charge in [-0.2, -0.15) is 9.37 Å². The average molecular weight is 429 g/mol. The summed E-state index contributed by atoms with van der Waals surface area (Å²) >= 11 is 1.38. The Labute approximate surface area is 186 Å². The van der Waals surface area contributed by atoms with E-state index in [2.05, 4.69) is 21.1 Å². The first-order chi connectivity index (χ1) is 15.2. The van der Waals surface area contributed by atoms with E-state index in [4.69, 9.17) is 14.7 Å². The predicted octanol–water partition coefficient (Wildman–Crippen LogP) is 5.38. The van der Waals surface area contributed by atoms with Crippen molar-refractivity contribution in [3.05, 3.63) is 107 Å². The van der Waals surface area contributed by atoms with Crippen molar-refractivity contribution in [1.29, 1.82) is 0 Å². The number of aliphatic imine (C=N–C) groups is 1. The third-order valence-corrected chi connectivity index (χ3v) is 5.49. The molecule has 5 nitrogen and oxygen atoms in total. The first-order valence-electron chi connectivity index (χ1n) is 10.2. The van der Waals surface area contributed by atoms with Crippen molar-refractivity contribution in [2.45, 2.75) is 20.4 Å². The minimum absolute atomic E-state index is 0.645. The lowest BCUT2D eigenvalue weighted by atomic mass is 10.2. The lowest BCUT2D eigenvalue weighted by Gasteiger charge is -2.08. The zero-order chi connectivity index (χ0) is 21.5. The van der Waals surface area contributed by atoms with Gasteiger partial charge in [-0.1, -0.05) is 60.7 Å². The van der Waals surface area contributed by atoms with Gasteiger partial charge in [0.05, 0.1) is 18.8 Å². The number of aryl methyl sites for hydroxylation is 1. The summed E-state index contributed by atoms with van der Waals surface area (Å²) in [5, 5.41) is 0. The van der Waals surface area contributed by atoms with Gasteiger partial charge in [-0.25, -0.2) is 4.99 Å². The molecule has 4 rings (SSSR count). The van der Waals surface area contributed by atoms with Crippen LogP contribution in [0.2, 0.25) is 0 Å². The van der Waals surface area contributed by atoms with Crippen LogP contribution in [0.25, 0.3) is 0 Å². The average Bonchev–Trinajstić information content (AvgIpc) is 3.14. The number of rotatable bonds is 6. The van der Waals surface area contributed by atoms with E-state index < -0.39 is 0 Å². The molecule has 6 heteroatoms. The van der Waals surface area contributed by atoms with Crippen LogP contribution in [0, 0.1) is 6.92 Å².